The molecule has 2 heterocycles. The number of urea groups is 1. The smallest absolute Gasteiger partial charge is 0.315 e. The molecule has 1 aromatic carbocycles. The van der Waals surface area contributed by atoms with Gasteiger partial charge in [0.25, 0.3) is 0 Å². The molecule has 0 aliphatic carbocycles. The third-order valence-corrected chi connectivity index (χ3v) is 4.75. The molecule has 2 aliphatic rings. The monoisotopic (exact) mass is 331 g/mol. The van der Waals surface area contributed by atoms with Gasteiger partial charge in [-0.05, 0) is 50.3 Å². The van der Waals surface area contributed by atoms with Crippen molar-refractivity contribution in [3.63, 3.8) is 0 Å². The van der Waals surface area contributed by atoms with Crippen LogP contribution in [0.2, 0.25) is 0 Å². The average molecular weight is 331 g/mol. The van der Waals surface area contributed by atoms with Crippen molar-refractivity contribution < 1.29 is 14.3 Å². The van der Waals surface area contributed by atoms with Crippen molar-refractivity contribution in [2.24, 2.45) is 0 Å². The van der Waals surface area contributed by atoms with E-state index in [1.807, 2.05) is 26.0 Å². The Morgan fingerprint density at radius 2 is 2.12 bits per heavy atom. The third-order valence-electron chi connectivity index (χ3n) is 4.75. The lowest BCUT2D eigenvalue weighted by atomic mass is 9.98. The molecule has 1 aromatic rings. The second-order valence-electron chi connectivity index (χ2n) is 6.64. The van der Waals surface area contributed by atoms with Crippen LogP contribution in [0.15, 0.2) is 18.2 Å². The number of nitrogens with one attached hydrogen (secondary N) is 3. The SMILES string of the molecule is CC(NC(=O)NC(C)C1CCCO1)c1ccc2c(c1)CCC(=O)N2. The standard InChI is InChI=1S/C18H25N3O3/c1-11(19-18(23)20-12(2)16-4-3-9-24-16)13-5-7-15-14(10-13)6-8-17(22)21-15/h5,7,10-12,16H,3-4,6,8-9H2,1-2H3,(H,21,22)(H2,19,20,23). The van der Waals surface area contributed by atoms with Crippen molar-refractivity contribution in [3.05, 3.63) is 29.3 Å². The van der Waals surface area contributed by atoms with Gasteiger partial charge in [0.05, 0.1) is 18.2 Å². The van der Waals surface area contributed by atoms with E-state index in [2.05, 4.69) is 22.0 Å². The van der Waals surface area contributed by atoms with E-state index >= 15 is 0 Å². The van der Waals surface area contributed by atoms with E-state index in [-0.39, 0.29) is 30.1 Å². The minimum Gasteiger partial charge on any atom is -0.376 e. The van der Waals surface area contributed by atoms with E-state index in [1.54, 1.807) is 0 Å². The van der Waals surface area contributed by atoms with Gasteiger partial charge in [-0.15, -0.1) is 0 Å². The molecule has 2 aliphatic heterocycles. The Hall–Kier alpha value is -2.08. The maximum Gasteiger partial charge on any atom is 0.315 e. The summed E-state index contributed by atoms with van der Waals surface area (Å²) in [5, 5.41) is 8.80. The molecular formula is C18H25N3O3. The molecule has 0 saturated carbocycles. The molecule has 6 heteroatoms. The Morgan fingerprint density at radius 1 is 1.29 bits per heavy atom. The Kier molecular flexibility index (Phi) is 5.04. The summed E-state index contributed by atoms with van der Waals surface area (Å²) >= 11 is 0. The number of benzene rings is 1. The Morgan fingerprint density at radius 3 is 2.88 bits per heavy atom. The zero-order valence-corrected chi connectivity index (χ0v) is 14.2. The fourth-order valence-electron chi connectivity index (χ4n) is 3.29. The number of fused-ring (bicyclic) bond motifs is 1. The number of ether oxygens (including phenoxy) is 1. The first-order valence-corrected chi connectivity index (χ1v) is 8.64. The van der Waals surface area contributed by atoms with Crippen LogP contribution in [0, 0.1) is 0 Å². The molecule has 6 nitrogen and oxygen atoms in total. The summed E-state index contributed by atoms with van der Waals surface area (Å²) < 4.78 is 5.60. The van der Waals surface area contributed by atoms with Gasteiger partial charge in [-0.1, -0.05) is 12.1 Å². The molecule has 3 unspecified atom stereocenters. The zero-order chi connectivity index (χ0) is 17.1. The number of carbonyl (C=O) groups excluding carboxylic acids is 2. The summed E-state index contributed by atoms with van der Waals surface area (Å²) in [7, 11) is 0. The molecule has 3 rings (SSSR count). The minimum absolute atomic E-state index is 0.00144. The normalized spacial score (nSPS) is 22.2. The van der Waals surface area contributed by atoms with Crippen LogP contribution in [0.4, 0.5) is 10.5 Å². The third kappa shape index (κ3) is 3.87. The quantitative estimate of drug-likeness (QED) is 0.793. The van der Waals surface area contributed by atoms with Crippen LogP contribution in [0.1, 0.15) is 50.3 Å². The van der Waals surface area contributed by atoms with Crippen molar-refractivity contribution in [2.45, 2.75) is 57.7 Å². The number of amides is 3. The highest BCUT2D eigenvalue weighted by molar-refractivity contribution is 5.93. The Labute approximate surface area is 142 Å². The number of aryl methyl sites for hydroxylation is 1. The Bertz CT molecular complexity index is 626. The number of hydrogen-bond acceptors (Lipinski definition) is 3. The van der Waals surface area contributed by atoms with Crippen LogP contribution in [0.3, 0.4) is 0 Å². The van der Waals surface area contributed by atoms with E-state index in [0.717, 1.165) is 42.7 Å². The van der Waals surface area contributed by atoms with E-state index in [9.17, 15) is 9.59 Å². The molecule has 3 amide bonds. The Balaban J connectivity index is 1.57. The molecule has 1 saturated heterocycles. The number of hydrogen-bond donors (Lipinski definition) is 3. The summed E-state index contributed by atoms with van der Waals surface area (Å²) in [5.74, 6) is 0.0592. The lowest BCUT2D eigenvalue weighted by molar-refractivity contribution is -0.116. The van der Waals surface area contributed by atoms with Crippen LogP contribution in [0.5, 0.6) is 0 Å². The maximum atomic E-state index is 12.2. The lowest BCUT2D eigenvalue weighted by Gasteiger charge is -2.23. The highest BCUT2D eigenvalue weighted by Crippen LogP contribution is 2.26. The van der Waals surface area contributed by atoms with Crippen molar-refractivity contribution in [1.29, 1.82) is 0 Å². The van der Waals surface area contributed by atoms with Gasteiger partial charge in [-0.2, -0.15) is 0 Å². The first-order valence-electron chi connectivity index (χ1n) is 8.64. The van der Waals surface area contributed by atoms with Gasteiger partial charge in [-0.3, -0.25) is 4.79 Å². The van der Waals surface area contributed by atoms with Gasteiger partial charge < -0.3 is 20.7 Å². The number of carbonyl (C=O) groups is 2. The van der Waals surface area contributed by atoms with Crippen LogP contribution in [-0.4, -0.2) is 30.7 Å². The van der Waals surface area contributed by atoms with E-state index < -0.39 is 0 Å². The van der Waals surface area contributed by atoms with Crippen LogP contribution in [-0.2, 0) is 16.0 Å². The lowest BCUT2D eigenvalue weighted by Crippen LogP contribution is -2.46. The van der Waals surface area contributed by atoms with Gasteiger partial charge in [0.1, 0.15) is 0 Å². The minimum atomic E-state index is -0.184. The molecule has 0 aromatic heterocycles. The maximum absolute atomic E-state index is 12.2. The van der Waals surface area contributed by atoms with Gasteiger partial charge in [0.2, 0.25) is 5.91 Å². The molecule has 130 valence electrons. The van der Waals surface area contributed by atoms with Gasteiger partial charge in [-0.25, -0.2) is 4.79 Å². The van der Waals surface area contributed by atoms with Crippen molar-refractivity contribution in [3.8, 4) is 0 Å². The first-order chi connectivity index (χ1) is 11.5. The van der Waals surface area contributed by atoms with Crippen molar-refractivity contribution in [1.82, 2.24) is 10.6 Å². The summed E-state index contributed by atoms with van der Waals surface area (Å²) in [5.41, 5.74) is 3.03. The van der Waals surface area contributed by atoms with Crippen molar-refractivity contribution >= 4 is 17.6 Å². The fraction of sp³-hybridized carbons (Fsp3) is 0.556. The molecular weight excluding hydrogens is 306 g/mol. The summed E-state index contributed by atoms with van der Waals surface area (Å²) in [6.07, 6.45) is 3.41. The molecule has 3 atom stereocenters. The van der Waals surface area contributed by atoms with Crippen LogP contribution in [0.25, 0.3) is 0 Å². The topological polar surface area (TPSA) is 79.5 Å². The summed E-state index contributed by atoms with van der Waals surface area (Å²) in [6, 6.07) is 5.62. The second-order valence-corrected chi connectivity index (χ2v) is 6.64. The molecule has 3 N–H and O–H groups in total. The zero-order valence-electron chi connectivity index (χ0n) is 14.2. The van der Waals surface area contributed by atoms with Gasteiger partial charge in [0.15, 0.2) is 0 Å². The van der Waals surface area contributed by atoms with Crippen LogP contribution >= 0.6 is 0 Å². The predicted molar refractivity (Wildman–Crippen MR) is 91.9 cm³/mol. The van der Waals surface area contributed by atoms with Gasteiger partial charge >= 0.3 is 6.03 Å². The fourth-order valence-corrected chi connectivity index (χ4v) is 3.29. The summed E-state index contributed by atoms with van der Waals surface area (Å²) in [6.45, 7) is 4.71. The molecule has 24 heavy (non-hydrogen) atoms. The van der Waals surface area contributed by atoms with Crippen molar-refractivity contribution in [2.75, 3.05) is 11.9 Å². The number of rotatable bonds is 4. The highest BCUT2D eigenvalue weighted by atomic mass is 16.5. The predicted octanol–water partition coefficient (Wildman–Crippen LogP) is 2.50. The largest absolute Gasteiger partial charge is 0.376 e. The second kappa shape index (κ2) is 7.21. The van der Waals surface area contributed by atoms with Crippen LogP contribution < -0.4 is 16.0 Å². The van der Waals surface area contributed by atoms with E-state index in [0.29, 0.717) is 6.42 Å². The first kappa shape index (κ1) is 16.8. The molecule has 0 radical (unpaired) electrons. The van der Waals surface area contributed by atoms with E-state index in [1.165, 1.54) is 0 Å². The molecule has 0 bridgehead atoms. The van der Waals surface area contributed by atoms with Gasteiger partial charge in [0, 0.05) is 18.7 Å². The highest BCUT2D eigenvalue weighted by Gasteiger charge is 2.24. The number of anilines is 1. The summed E-state index contributed by atoms with van der Waals surface area (Å²) in [4.78, 5) is 23.6. The molecule has 1 fully saturated rings. The average Bonchev–Trinajstić information content (AvgIpc) is 3.08. The van der Waals surface area contributed by atoms with E-state index in [4.69, 9.17) is 4.74 Å². The molecule has 0 spiro atoms.